The van der Waals surface area contributed by atoms with Crippen LogP contribution < -0.4 is 4.74 Å². The lowest BCUT2D eigenvalue weighted by Crippen LogP contribution is -2.09. The second kappa shape index (κ2) is 8.12. The molecule has 1 aromatic carbocycles. The number of benzene rings is 1. The smallest absolute Gasteiger partial charge is 0.336 e. The molecule has 19 heavy (non-hydrogen) atoms. The fraction of sp³-hybridized carbons (Fsp3) is 0.462. The van der Waals surface area contributed by atoms with Crippen LogP contribution in [0.4, 0.5) is 4.39 Å². The predicted molar refractivity (Wildman–Crippen MR) is 72.3 cm³/mol. The maximum Gasteiger partial charge on any atom is 0.336 e. The highest BCUT2D eigenvalue weighted by molar-refractivity contribution is 9.10. The standard InChI is InChI=1S/C13H16BrFO4/c1-2-3-6-18-7-8-19-10-5-4-9(13(16)17)11(14)12(10)15/h4-5H,2-3,6-8H2,1H3,(H,16,17). The van der Waals surface area contributed by atoms with Crippen LogP contribution in [0.25, 0.3) is 0 Å². The third kappa shape index (κ3) is 4.80. The van der Waals surface area contributed by atoms with E-state index in [4.69, 9.17) is 14.6 Å². The van der Waals surface area contributed by atoms with Crippen molar-refractivity contribution in [1.29, 1.82) is 0 Å². The Morgan fingerprint density at radius 3 is 2.74 bits per heavy atom. The summed E-state index contributed by atoms with van der Waals surface area (Å²) in [7, 11) is 0. The molecule has 0 saturated carbocycles. The quantitative estimate of drug-likeness (QED) is 0.739. The molecule has 1 aromatic rings. The molecule has 0 amide bonds. The van der Waals surface area contributed by atoms with Gasteiger partial charge in [0.2, 0.25) is 0 Å². The van der Waals surface area contributed by atoms with Crippen molar-refractivity contribution < 1.29 is 23.8 Å². The van der Waals surface area contributed by atoms with Gasteiger partial charge in [0.25, 0.3) is 0 Å². The summed E-state index contributed by atoms with van der Waals surface area (Å²) in [4.78, 5) is 10.8. The van der Waals surface area contributed by atoms with Gasteiger partial charge in [-0.05, 0) is 34.5 Å². The average molecular weight is 335 g/mol. The molecule has 0 aromatic heterocycles. The van der Waals surface area contributed by atoms with Gasteiger partial charge >= 0.3 is 5.97 Å². The zero-order valence-corrected chi connectivity index (χ0v) is 12.2. The van der Waals surface area contributed by atoms with E-state index in [9.17, 15) is 9.18 Å². The van der Waals surface area contributed by atoms with Gasteiger partial charge in [-0.3, -0.25) is 0 Å². The van der Waals surface area contributed by atoms with Gasteiger partial charge in [-0.2, -0.15) is 0 Å². The molecule has 106 valence electrons. The summed E-state index contributed by atoms with van der Waals surface area (Å²) in [6.45, 7) is 3.32. The van der Waals surface area contributed by atoms with Gasteiger partial charge in [-0.15, -0.1) is 0 Å². The number of unbranched alkanes of at least 4 members (excludes halogenated alkanes) is 1. The van der Waals surface area contributed by atoms with Crippen LogP contribution in [0.1, 0.15) is 30.1 Å². The van der Waals surface area contributed by atoms with Crippen LogP contribution in [0.3, 0.4) is 0 Å². The number of ether oxygens (including phenoxy) is 2. The van der Waals surface area contributed by atoms with Crippen molar-refractivity contribution in [2.24, 2.45) is 0 Å². The number of aromatic carboxylic acids is 1. The number of hydrogen-bond donors (Lipinski definition) is 1. The van der Waals surface area contributed by atoms with Crippen LogP contribution in [0.2, 0.25) is 0 Å². The molecule has 0 radical (unpaired) electrons. The first kappa shape index (κ1) is 15.9. The summed E-state index contributed by atoms with van der Waals surface area (Å²) in [6.07, 6.45) is 2.03. The number of carboxylic acid groups (broad SMARTS) is 1. The normalized spacial score (nSPS) is 10.5. The van der Waals surface area contributed by atoms with E-state index in [0.717, 1.165) is 12.8 Å². The first-order chi connectivity index (χ1) is 9.07. The topological polar surface area (TPSA) is 55.8 Å². The highest BCUT2D eigenvalue weighted by Gasteiger charge is 2.16. The number of carbonyl (C=O) groups is 1. The van der Waals surface area contributed by atoms with Gasteiger partial charge in [0.1, 0.15) is 6.61 Å². The molecule has 1 rings (SSSR count). The Balaban J connectivity index is 2.51. The molecule has 0 aliphatic heterocycles. The predicted octanol–water partition coefficient (Wildman–Crippen LogP) is 3.48. The van der Waals surface area contributed by atoms with Gasteiger partial charge in [-0.1, -0.05) is 13.3 Å². The molecule has 6 heteroatoms. The zero-order chi connectivity index (χ0) is 14.3. The van der Waals surface area contributed by atoms with Gasteiger partial charge < -0.3 is 14.6 Å². The van der Waals surface area contributed by atoms with Crippen molar-refractivity contribution in [1.82, 2.24) is 0 Å². The first-order valence-corrected chi connectivity index (χ1v) is 6.79. The van der Waals surface area contributed by atoms with Gasteiger partial charge in [0.15, 0.2) is 11.6 Å². The summed E-state index contributed by atoms with van der Waals surface area (Å²) >= 11 is 2.91. The minimum absolute atomic E-state index is 0.0102. The van der Waals surface area contributed by atoms with E-state index in [1.54, 1.807) is 0 Å². The van der Waals surface area contributed by atoms with Crippen molar-refractivity contribution in [3.8, 4) is 5.75 Å². The minimum Gasteiger partial charge on any atom is -0.488 e. The zero-order valence-electron chi connectivity index (χ0n) is 10.6. The maximum atomic E-state index is 13.8. The van der Waals surface area contributed by atoms with Crippen molar-refractivity contribution in [2.75, 3.05) is 19.8 Å². The molecule has 0 heterocycles. The molecule has 0 aliphatic rings. The lowest BCUT2D eigenvalue weighted by atomic mass is 10.2. The third-order valence-corrected chi connectivity index (χ3v) is 3.18. The molecule has 4 nitrogen and oxygen atoms in total. The second-order valence-corrected chi connectivity index (χ2v) is 4.65. The Labute approximate surface area is 119 Å². The molecule has 0 fully saturated rings. The first-order valence-electron chi connectivity index (χ1n) is 5.99. The molecule has 0 spiro atoms. The molecular formula is C13H16BrFO4. The fourth-order valence-corrected chi connectivity index (χ4v) is 1.86. The molecule has 0 saturated heterocycles. The Bertz CT molecular complexity index is 437. The number of hydrogen-bond acceptors (Lipinski definition) is 3. The summed E-state index contributed by atoms with van der Waals surface area (Å²) in [5.41, 5.74) is -0.135. The van der Waals surface area contributed by atoms with Crippen LogP contribution in [-0.2, 0) is 4.74 Å². The van der Waals surface area contributed by atoms with Crippen molar-refractivity contribution in [3.63, 3.8) is 0 Å². The van der Waals surface area contributed by atoms with E-state index in [-0.39, 0.29) is 22.4 Å². The minimum atomic E-state index is -1.19. The molecule has 1 N–H and O–H groups in total. The third-order valence-electron chi connectivity index (χ3n) is 2.40. The summed E-state index contributed by atoms with van der Waals surface area (Å²) in [6, 6.07) is 2.60. The van der Waals surface area contributed by atoms with Gasteiger partial charge in [0, 0.05) is 6.61 Å². The number of halogens is 2. The van der Waals surface area contributed by atoms with E-state index < -0.39 is 11.8 Å². The van der Waals surface area contributed by atoms with Crippen molar-refractivity contribution in [2.45, 2.75) is 19.8 Å². The maximum absolute atomic E-state index is 13.8. The molecule has 0 atom stereocenters. The highest BCUT2D eigenvalue weighted by atomic mass is 79.9. The highest BCUT2D eigenvalue weighted by Crippen LogP contribution is 2.28. The SMILES string of the molecule is CCCCOCCOc1ccc(C(=O)O)c(Br)c1F. The van der Waals surface area contributed by atoms with Crippen LogP contribution in [-0.4, -0.2) is 30.9 Å². The van der Waals surface area contributed by atoms with E-state index in [1.807, 2.05) is 0 Å². The van der Waals surface area contributed by atoms with Crippen LogP contribution in [0.5, 0.6) is 5.75 Å². The number of carboxylic acids is 1. The summed E-state index contributed by atoms with van der Waals surface area (Å²) in [5.74, 6) is -1.90. The molecule has 0 bridgehead atoms. The van der Waals surface area contributed by atoms with Crippen molar-refractivity contribution in [3.05, 3.63) is 28.0 Å². The second-order valence-electron chi connectivity index (χ2n) is 3.86. The Kier molecular flexibility index (Phi) is 6.80. The molecule has 0 aliphatic carbocycles. The van der Waals surface area contributed by atoms with E-state index in [1.165, 1.54) is 12.1 Å². The van der Waals surface area contributed by atoms with Crippen LogP contribution >= 0.6 is 15.9 Å². The summed E-state index contributed by atoms with van der Waals surface area (Å²) in [5, 5.41) is 8.82. The molecular weight excluding hydrogens is 319 g/mol. The van der Waals surface area contributed by atoms with Crippen LogP contribution in [0.15, 0.2) is 16.6 Å². The Morgan fingerprint density at radius 2 is 2.11 bits per heavy atom. The summed E-state index contributed by atoms with van der Waals surface area (Å²) < 4.78 is 24.2. The Morgan fingerprint density at radius 1 is 1.37 bits per heavy atom. The average Bonchev–Trinajstić information content (AvgIpc) is 2.38. The fourth-order valence-electron chi connectivity index (χ4n) is 1.37. The number of rotatable bonds is 8. The van der Waals surface area contributed by atoms with E-state index >= 15 is 0 Å². The van der Waals surface area contributed by atoms with Gasteiger partial charge in [-0.25, -0.2) is 9.18 Å². The van der Waals surface area contributed by atoms with Crippen LogP contribution in [0, 0.1) is 5.82 Å². The van der Waals surface area contributed by atoms with Gasteiger partial charge in [0.05, 0.1) is 16.6 Å². The largest absolute Gasteiger partial charge is 0.488 e. The molecule has 0 unspecified atom stereocenters. The van der Waals surface area contributed by atoms with E-state index in [2.05, 4.69) is 22.9 Å². The van der Waals surface area contributed by atoms with E-state index in [0.29, 0.717) is 13.2 Å². The van der Waals surface area contributed by atoms with Crippen molar-refractivity contribution >= 4 is 21.9 Å². The monoisotopic (exact) mass is 334 g/mol. The lowest BCUT2D eigenvalue weighted by molar-refractivity contribution is 0.0694. The lowest BCUT2D eigenvalue weighted by Gasteiger charge is -2.10. The Hall–Kier alpha value is -1.14.